The number of hydrogen-bond donors (Lipinski definition) is 2. The van der Waals surface area contributed by atoms with Crippen LogP contribution in [0.15, 0.2) is 42.1 Å². The van der Waals surface area contributed by atoms with Gasteiger partial charge < -0.3 is 10.6 Å². The van der Waals surface area contributed by atoms with Crippen molar-refractivity contribution in [2.24, 2.45) is 0 Å². The van der Waals surface area contributed by atoms with E-state index in [0.717, 1.165) is 12.3 Å². The second-order valence-electron chi connectivity index (χ2n) is 4.59. The lowest BCUT2D eigenvalue weighted by atomic mass is 10.2. The van der Waals surface area contributed by atoms with E-state index >= 15 is 0 Å². The van der Waals surface area contributed by atoms with Gasteiger partial charge in [0, 0.05) is 6.20 Å². The third-order valence-electron chi connectivity index (χ3n) is 2.97. The van der Waals surface area contributed by atoms with E-state index in [9.17, 15) is 18.0 Å². The molecule has 2 rings (SSSR count). The molecule has 0 radical (unpaired) electrons. The minimum Gasteiger partial charge on any atom is -0.358 e. The van der Waals surface area contributed by atoms with Gasteiger partial charge in [0.15, 0.2) is 17.5 Å². The van der Waals surface area contributed by atoms with Crippen LogP contribution >= 0.6 is 23.2 Å². The van der Waals surface area contributed by atoms with Crippen molar-refractivity contribution in [3.05, 3.63) is 69.6 Å². The van der Waals surface area contributed by atoms with Gasteiger partial charge in [-0.1, -0.05) is 29.3 Å². The van der Waals surface area contributed by atoms with Crippen LogP contribution < -0.4 is 10.6 Å². The molecule has 0 heterocycles. The normalized spacial score (nSPS) is 11.0. The van der Waals surface area contributed by atoms with Crippen LogP contribution in [0.2, 0.25) is 10.0 Å². The van der Waals surface area contributed by atoms with E-state index in [0.29, 0.717) is 6.07 Å². The average Bonchev–Trinajstić information content (AvgIpc) is 2.59. The first kappa shape index (κ1) is 18.6. The molecule has 0 bridgehead atoms. The molecule has 2 aromatic rings. The number of carbonyl (C=O) groups is 1. The van der Waals surface area contributed by atoms with Gasteiger partial charge in [-0.25, -0.2) is 13.2 Å². The largest absolute Gasteiger partial charge is 0.358 e. The third kappa shape index (κ3) is 4.24. The summed E-state index contributed by atoms with van der Waals surface area (Å²) < 4.78 is 39.6. The standard InChI is InChI=1S/C16H8Cl2F3N3O/c17-9-2-1-3-11(13(9)18)24-16(25)8(6-22)7-23-12-5-4-10(19)14(20)15(12)21/h1-5,7,23H,(H,24,25)/b8-7-. The van der Waals surface area contributed by atoms with Crippen LogP contribution in [0.5, 0.6) is 0 Å². The van der Waals surface area contributed by atoms with Gasteiger partial charge in [0.25, 0.3) is 5.91 Å². The Bertz CT molecular complexity index is 910. The quantitative estimate of drug-likeness (QED) is 0.448. The number of nitrogens with one attached hydrogen (secondary N) is 2. The van der Waals surface area contributed by atoms with Crippen molar-refractivity contribution in [1.82, 2.24) is 0 Å². The summed E-state index contributed by atoms with van der Waals surface area (Å²) in [6, 6.07) is 7.72. The van der Waals surface area contributed by atoms with E-state index < -0.39 is 34.6 Å². The SMILES string of the molecule is N#C/C(=C/Nc1ccc(F)c(F)c1F)C(=O)Nc1cccc(Cl)c1Cl. The zero-order valence-electron chi connectivity index (χ0n) is 12.2. The molecule has 2 N–H and O–H groups in total. The van der Waals surface area contributed by atoms with Crippen LogP contribution in [0, 0.1) is 28.8 Å². The second kappa shape index (κ2) is 7.92. The number of amides is 1. The van der Waals surface area contributed by atoms with Crippen LogP contribution in [-0.2, 0) is 4.79 Å². The van der Waals surface area contributed by atoms with Gasteiger partial charge in [-0.2, -0.15) is 5.26 Å². The number of anilines is 2. The molecule has 0 fully saturated rings. The zero-order chi connectivity index (χ0) is 18.6. The number of hydrogen-bond acceptors (Lipinski definition) is 3. The Labute approximate surface area is 150 Å². The highest BCUT2D eigenvalue weighted by atomic mass is 35.5. The van der Waals surface area contributed by atoms with Gasteiger partial charge in [-0.15, -0.1) is 0 Å². The molecule has 2 aromatic carbocycles. The molecule has 9 heteroatoms. The first-order chi connectivity index (χ1) is 11.8. The maximum Gasteiger partial charge on any atom is 0.267 e. The van der Waals surface area contributed by atoms with Gasteiger partial charge in [-0.05, 0) is 24.3 Å². The Morgan fingerprint density at radius 2 is 1.80 bits per heavy atom. The van der Waals surface area contributed by atoms with Crippen molar-refractivity contribution in [3.8, 4) is 6.07 Å². The van der Waals surface area contributed by atoms with Gasteiger partial charge in [0.05, 0.1) is 21.4 Å². The summed E-state index contributed by atoms with van der Waals surface area (Å²) in [5.41, 5.74) is -0.736. The molecule has 0 aliphatic carbocycles. The maximum atomic E-state index is 13.5. The highest BCUT2D eigenvalue weighted by molar-refractivity contribution is 6.44. The molecular weight excluding hydrogens is 378 g/mol. The Balaban J connectivity index is 2.20. The molecule has 0 unspecified atom stereocenters. The molecular formula is C16H8Cl2F3N3O. The van der Waals surface area contributed by atoms with Crippen LogP contribution in [-0.4, -0.2) is 5.91 Å². The molecule has 25 heavy (non-hydrogen) atoms. The fourth-order valence-electron chi connectivity index (χ4n) is 1.73. The predicted octanol–water partition coefficient (Wildman–Crippen LogP) is 4.87. The van der Waals surface area contributed by atoms with Gasteiger partial charge in [-0.3, -0.25) is 4.79 Å². The van der Waals surface area contributed by atoms with Crippen molar-refractivity contribution < 1.29 is 18.0 Å². The van der Waals surface area contributed by atoms with E-state index in [1.54, 1.807) is 6.07 Å². The van der Waals surface area contributed by atoms with Crippen LogP contribution in [0.25, 0.3) is 0 Å². The number of halogens is 5. The zero-order valence-corrected chi connectivity index (χ0v) is 13.7. The minimum atomic E-state index is -1.67. The summed E-state index contributed by atoms with van der Waals surface area (Å²) in [6.07, 6.45) is 0.851. The lowest BCUT2D eigenvalue weighted by molar-refractivity contribution is -0.112. The molecule has 0 spiro atoms. The average molecular weight is 386 g/mol. The summed E-state index contributed by atoms with van der Waals surface area (Å²) >= 11 is 11.7. The fourth-order valence-corrected chi connectivity index (χ4v) is 2.07. The molecule has 1 amide bonds. The van der Waals surface area contributed by atoms with E-state index in [4.69, 9.17) is 28.5 Å². The molecule has 0 atom stereocenters. The first-order valence-corrected chi connectivity index (χ1v) is 7.36. The van der Waals surface area contributed by atoms with Crippen molar-refractivity contribution in [2.75, 3.05) is 10.6 Å². The highest BCUT2D eigenvalue weighted by Gasteiger charge is 2.15. The monoisotopic (exact) mass is 385 g/mol. The lowest BCUT2D eigenvalue weighted by Crippen LogP contribution is -2.15. The molecule has 128 valence electrons. The molecule has 0 saturated heterocycles. The van der Waals surface area contributed by atoms with Crippen LogP contribution in [0.4, 0.5) is 24.5 Å². The van der Waals surface area contributed by atoms with E-state index in [1.807, 2.05) is 0 Å². The Hall–Kier alpha value is -2.69. The van der Waals surface area contributed by atoms with Crippen molar-refractivity contribution >= 4 is 40.5 Å². The van der Waals surface area contributed by atoms with Gasteiger partial charge in [0.1, 0.15) is 11.6 Å². The number of nitrogens with zero attached hydrogens (tertiary/aromatic N) is 1. The molecule has 4 nitrogen and oxygen atoms in total. The summed E-state index contributed by atoms with van der Waals surface area (Å²) in [6.45, 7) is 0. The van der Waals surface area contributed by atoms with E-state index in [2.05, 4.69) is 10.6 Å². The summed E-state index contributed by atoms with van der Waals surface area (Å²) in [4.78, 5) is 12.1. The maximum absolute atomic E-state index is 13.5. The fraction of sp³-hybridized carbons (Fsp3) is 0. The molecule has 0 aliphatic heterocycles. The number of carbonyl (C=O) groups excluding carboxylic acids is 1. The number of rotatable bonds is 4. The Morgan fingerprint density at radius 3 is 2.48 bits per heavy atom. The van der Waals surface area contributed by atoms with Crippen molar-refractivity contribution in [2.45, 2.75) is 0 Å². The van der Waals surface area contributed by atoms with Gasteiger partial charge >= 0.3 is 0 Å². The summed E-state index contributed by atoms with van der Waals surface area (Å²) in [5, 5.41) is 13.9. The van der Waals surface area contributed by atoms with E-state index in [-0.39, 0.29) is 15.7 Å². The first-order valence-electron chi connectivity index (χ1n) is 6.60. The summed E-state index contributed by atoms with van der Waals surface area (Å²) in [5.74, 6) is -5.37. The molecule has 0 saturated carbocycles. The second-order valence-corrected chi connectivity index (χ2v) is 5.38. The van der Waals surface area contributed by atoms with Crippen molar-refractivity contribution in [3.63, 3.8) is 0 Å². The Morgan fingerprint density at radius 1 is 1.08 bits per heavy atom. The predicted molar refractivity (Wildman–Crippen MR) is 88.7 cm³/mol. The molecule has 0 aliphatic rings. The molecule has 0 aromatic heterocycles. The number of benzene rings is 2. The van der Waals surface area contributed by atoms with Gasteiger partial charge in [0.2, 0.25) is 0 Å². The van der Waals surface area contributed by atoms with Crippen LogP contribution in [0.3, 0.4) is 0 Å². The Kier molecular flexibility index (Phi) is 5.91. The lowest BCUT2D eigenvalue weighted by Gasteiger charge is -2.08. The van der Waals surface area contributed by atoms with E-state index in [1.165, 1.54) is 18.2 Å². The highest BCUT2D eigenvalue weighted by Crippen LogP contribution is 2.29. The third-order valence-corrected chi connectivity index (χ3v) is 3.79. The topological polar surface area (TPSA) is 64.9 Å². The summed E-state index contributed by atoms with van der Waals surface area (Å²) in [7, 11) is 0. The van der Waals surface area contributed by atoms with Crippen LogP contribution in [0.1, 0.15) is 0 Å². The number of nitriles is 1. The smallest absolute Gasteiger partial charge is 0.267 e. The van der Waals surface area contributed by atoms with Crippen molar-refractivity contribution in [1.29, 1.82) is 5.26 Å². The minimum absolute atomic E-state index is 0.0782.